The molecule has 0 aliphatic carbocycles. The van der Waals surface area contributed by atoms with Crippen LogP contribution in [0.2, 0.25) is 0 Å². The average Bonchev–Trinajstić information content (AvgIpc) is 2.26. The Morgan fingerprint density at radius 2 is 1.33 bits per heavy atom. The average molecular weight is 80.1 g/mol. The van der Waals surface area contributed by atoms with Gasteiger partial charge in [0, 0.05) is 12.4 Å². The first kappa shape index (κ1) is 2.50. The molecule has 2 heterocycles. The van der Waals surface area contributed by atoms with E-state index in [1.807, 2.05) is 12.4 Å². The molecule has 2 atom stereocenters. The Labute approximate surface area is 35.6 Å². The van der Waals surface area contributed by atoms with E-state index < -0.39 is 0 Å². The van der Waals surface area contributed by atoms with E-state index in [4.69, 9.17) is 0 Å². The molecular formula is C4H4N2. The molecule has 2 aliphatic rings. The fourth-order valence-corrected chi connectivity index (χ4v) is 0.452. The largest absolute Gasteiger partial charge is 0.283 e. The highest BCUT2D eigenvalue weighted by atomic mass is 15.1. The molecule has 0 fully saturated rings. The van der Waals surface area contributed by atoms with Crippen LogP contribution >= 0.6 is 0 Å². The Bertz CT molecular complexity index is 97.5. The molecule has 2 rings (SSSR count). The van der Waals surface area contributed by atoms with Crippen LogP contribution in [0.15, 0.2) is 9.98 Å². The van der Waals surface area contributed by atoms with Crippen LogP contribution in [-0.4, -0.2) is 24.5 Å². The summed E-state index contributed by atoms with van der Waals surface area (Å²) in [5.41, 5.74) is 0. The molecule has 0 spiro atoms. The van der Waals surface area contributed by atoms with Crippen LogP contribution in [0.1, 0.15) is 0 Å². The lowest BCUT2D eigenvalue weighted by molar-refractivity contribution is 0.973. The van der Waals surface area contributed by atoms with Crippen LogP contribution in [0.3, 0.4) is 0 Å². The van der Waals surface area contributed by atoms with Gasteiger partial charge in [-0.05, 0) is 0 Å². The maximum absolute atomic E-state index is 3.91. The molecule has 0 aromatic rings. The number of hydrogen-bond donors (Lipinski definition) is 0. The van der Waals surface area contributed by atoms with E-state index in [2.05, 4.69) is 9.98 Å². The van der Waals surface area contributed by atoms with Gasteiger partial charge in [-0.3, -0.25) is 9.98 Å². The molecule has 30 valence electrons. The highest BCUT2D eigenvalue weighted by molar-refractivity contribution is 5.92. The minimum absolute atomic E-state index is 0.491. The lowest BCUT2D eigenvalue weighted by Gasteiger charge is -1.75. The molecule has 0 bridgehead atoms. The van der Waals surface area contributed by atoms with Gasteiger partial charge in [0.05, 0.1) is 0 Å². The summed E-state index contributed by atoms with van der Waals surface area (Å²) in [7, 11) is 0. The van der Waals surface area contributed by atoms with Gasteiger partial charge in [0.25, 0.3) is 0 Å². The van der Waals surface area contributed by atoms with Crippen molar-refractivity contribution in [2.45, 2.75) is 12.1 Å². The first-order valence-electron chi connectivity index (χ1n) is 2.03. The standard InChI is InChI=1S/C4H4N2/c1-3(5-1)4-2-6-4/h1-4H. The van der Waals surface area contributed by atoms with E-state index in [0.717, 1.165) is 0 Å². The second-order valence-corrected chi connectivity index (χ2v) is 1.58. The van der Waals surface area contributed by atoms with Gasteiger partial charge in [0.2, 0.25) is 0 Å². The van der Waals surface area contributed by atoms with Crippen molar-refractivity contribution in [1.82, 2.24) is 0 Å². The summed E-state index contributed by atoms with van der Waals surface area (Å²) in [6, 6.07) is 0.981. The van der Waals surface area contributed by atoms with Crippen LogP contribution in [0, 0.1) is 0 Å². The maximum Gasteiger partial charge on any atom is 0.112 e. The van der Waals surface area contributed by atoms with Crippen molar-refractivity contribution in [2.75, 3.05) is 0 Å². The van der Waals surface area contributed by atoms with Gasteiger partial charge >= 0.3 is 0 Å². The lowest BCUT2D eigenvalue weighted by Crippen LogP contribution is -1.98. The van der Waals surface area contributed by atoms with Gasteiger partial charge in [-0.15, -0.1) is 0 Å². The summed E-state index contributed by atoms with van der Waals surface area (Å²) >= 11 is 0. The van der Waals surface area contributed by atoms with Crippen LogP contribution in [-0.2, 0) is 0 Å². The second kappa shape index (κ2) is 0.555. The van der Waals surface area contributed by atoms with Gasteiger partial charge in [0.1, 0.15) is 12.1 Å². The van der Waals surface area contributed by atoms with Crippen molar-refractivity contribution < 1.29 is 0 Å². The Morgan fingerprint density at radius 3 is 1.50 bits per heavy atom. The van der Waals surface area contributed by atoms with Crippen molar-refractivity contribution in [3.05, 3.63) is 0 Å². The van der Waals surface area contributed by atoms with E-state index in [-0.39, 0.29) is 0 Å². The molecule has 2 heteroatoms. The monoisotopic (exact) mass is 80.0 g/mol. The van der Waals surface area contributed by atoms with Crippen LogP contribution in [0.5, 0.6) is 0 Å². The van der Waals surface area contributed by atoms with Gasteiger partial charge in [-0.1, -0.05) is 0 Å². The zero-order valence-corrected chi connectivity index (χ0v) is 3.20. The first-order valence-corrected chi connectivity index (χ1v) is 2.03. The molecule has 6 heavy (non-hydrogen) atoms. The zero-order valence-electron chi connectivity index (χ0n) is 3.20. The summed E-state index contributed by atoms with van der Waals surface area (Å²) in [4.78, 5) is 7.83. The van der Waals surface area contributed by atoms with Gasteiger partial charge in [-0.2, -0.15) is 0 Å². The fourth-order valence-electron chi connectivity index (χ4n) is 0.452. The quantitative estimate of drug-likeness (QED) is 0.420. The molecule has 0 N–H and O–H groups in total. The molecule has 0 saturated heterocycles. The second-order valence-electron chi connectivity index (χ2n) is 1.58. The third-order valence-electron chi connectivity index (χ3n) is 0.992. The summed E-state index contributed by atoms with van der Waals surface area (Å²) in [5.74, 6) is 0. The Kier molecular flexibility index (Phi) is 0.231. The molecule has 2 aliphatic heterocycles. The van der Waals surface area contributed by atoms with Gasteiger partial charge in [-0.25, -0.2) is 0 Å². The number of aliphatic imine (C=N–C) groups is 2. The minimum atomic E-state index is 0.491. The third-order valence-corrected chi connectivity index (χ3v) is 0.992. The predicted molar refractivity (Wildman–Crippen MR) is 24.6 cm³/mol. The Morgan fingerprint density at radius 1 is 1.00 bits per heavy atom. The SMILES string of the molecule is C1=NC1C1C=N1. The van der Waals surface area contributed by atoms with Crippen molar-refractivity contribution >= 4 is 12.4 Å². The van der Waals surface area contributed by atoms with E-state index >= 15 is 0 Å². The molecular weight excluding hydrogens is 76.1 g/mol. The van der Waals surface area contributed by atoms with E-state index in [1.165, 1.54) is 0 Å². The molecule has 2 nitrogen and oxygen atoms in total. The summed E-state index contributed by atoms with van der Waals surface area (Å²) in [6.07, 6.45) is 3.86. The van der Waals surface area contributed by atoms with Gasteiger partial charge in [0.15, 0.2) is 0 Å². The van der Waals surface area contributed by atoms with Crippen LogP contribution in [0.25, 0.3) is 0 Å². The number of nitrogens with zero attached hydrogens (tertiary/aromatic N) is 2. The molecule has 2 unspecified atom stereocenters. The minimum Gasteiger partial charge on any atom is -0.283 e. The third kappa shape index (κ3) is 0.210. The number of rotatable bonds is 1. The van der Waals surface area contributed by atoms with E-state index in [0.29, 0.717) is 12.1 Å². The smallest absolute Gasteiger partial charge is 0.112 e. The van der Waals surface area contributed by atoms with Gasteiger partial charge < -0.3 is 0 Å². The highest BCUT2D eigenvalue weighted by Crippen LogP contribution is 2.15. The summed E-state index contributed by atoms with van der Waals surface area (Å²) in [6.45, 7) is 0. The normalized spacial score (nSPS) is 46.7. The Hall–Kier alpha value is -0.660. The first-order chi connectivity index (χ1) is 2.97. The molecule has 0 radical (unpaired) electrons. The highest BCUT2D eigenvalue weighted by Gasteiger charge is 2.29. The molecule has 0 aromatic heterocycles. The number of hydrogen-bond acceptors (Lipinski definition) is 2. The molecule has 0 aromatic carbocycles. The lowest BCUT2D eigenvalue weighted by atomic mass is 10.3. The molecule has 0 saturated carbocycles. The van der Waals surface area contributed by atoms with E-state index in [9.17, 15) is 0 Å². The maximum atomic E-state index is 3.91. The van der Waals surface area contributed by atoms with Crippen LogP contribution in [0.4, 0.5) is 0 Å². The van der Waals surface area contributed by atoms with E-state index in [1.54, 1.807) is 0 Å². The van der Waals surface area contributed by atoms with Crippen molar-refractivity contribution in [1.29, 1.82) is 0 Å². The molecule has 0 amide bonds. The van der Waals surface area contributed by atoms with Crippen molar-refractivity contribution in [3.8, 4) is 0 Å². The summed E-state index contributed by atoms with van der Waals surface area (Å²) < 4.78 is 0. The van der Waals surface area contributed by atoms with Crippen molar-refractivity contribution in [2.24, 2.45) is 9.98 Å². The van der Waals surface area contributed by atoms with Crippen molar-refractivity contribution in [3.63, 3.8) is 0 Å². The predicted octanol–water partition coefficient (Wildman–Crippen LogP) is -0.108. The fraction of sp³-hybridized carbons (Fsp3) is 0.500. The topological polar surface area (TPSA) is 24.7 Å². The van der Waals surface area contributed by atoms with Crippen LogP contribution < -0.4 is 0 Å². The zero-order chi connectivity index (χ0) is 3.98. The summed E-state index contributed by atoms with van der Waals surface area (Å²) in [5, 5.41) is 0. The Balaban J connectivity index is 1.97.